The molecule has 1 aliphatic heterocycles. The van der Waals surface area contributed by atoms with Crippen LogP contribution in [-0.2, 0) is 11.5 Å². The van der Waals surface area contributed by atoms with Gasteiger partial charge in [0.25, 0.3) is 0 Å². The van der Waals surface area contributed by atoms with Gasteiger partial charge in [-0.15, -0.1) is 0 Å². The Labute approximate surface area is 134 Å². The third-order valence-electron chi connectivity index (χ3n) is 3.82. The van der Waals surface area contributed by atoms with E-state index >= 15 is 0 Å². The molecule has 7 heteroatoms. The van der Waals surface area contributed by atoms with E-state index in [-0.39, 0.29) is 11.8 Å². The van der Waals surface area contributed by atoms with E-state index in [0.29, 0.717) is 17.5 Å². The maximum atomic E-state index is 12.2. The van der Waals surface area contributed by atoms with Gasteiger partial charge in [0.1, 0.15) is 5.82 Å². The average molecular weight is 320 g/mol. The SMILES string of the molecule is O=C(Nc1ccccn1)C1CCN(Cn2cc(Cl)cn2)CC1. The minimum absolute atomic E-state index is 0.0412. The van der Waals surface area contributed by atoms with Gasteiger partial charge in [-0.25, -0.2) is 4.98 Å². The first-order chi connectivity index (χ1) is 10.7. The molecule has 0 unspecified atom stereocenters. The summed E-state index contributed by atoms with van der Waals surface area (Å²) in [6, 6.07) is 5.49. The molecular formula is C15H18ClN5O. The molecule has 2 aromatic heterocycles. The Balaban J connectivity index is 1.48. The van der Waals surface area contributed by atoms with E-state index in [0.717, 1.165) is 25.9 Å². The van der Waals surface area contributed by atoms with Crippen LogP contribution in [0.3, 0.4) is 0 Å². The van der Waals surface area contributed by atoms with E-state index in [1.165, 1.54) is 0 Å². The molecule has 0 bridgehead atoms. The summed E-state index contributed by atoms with van der Waals surface area (Å²) < 4.78 is 1.82. The predicted molar refractivity (Wildman–Crippen MR) is 84.4 cm³/mol. The van der Waals surface area contributed by atoms with Crippen molar-refractivity contribution in [3.05, 3.63) is 41.8 Å². The second-order valence-electron chi connectivity index (χ2n) is 5.44. The van der Waals surface area contributed by atoms with Gasteiger partial charge < -0.3 is 5.32 Å². The van der Waals surface area contributed by atoms with Crippen molar-refractivity contribution >= 4 is 23.3 Å². The van der Waals surface area contributed by atoms with Gasteiger partial charge in [0.15, 0.2) is 0 Å². The zero-order valence-electron chi connectivity index (χ0n) is 12.2. The molecule has 0 spiro atoms. The predicted octanol–water partition coefficient (Wildman–Crippen LogP) is 2.24. The van der Waals surface area contributed by atoms with Crippen molar-refractivity contribution in [1.82, 2.24) is 19.7 Å². The molecule has 3 rings (SSSR count). The molecule has 0 aliphatic carbocycles. The molecule has 0 atom stereocenters. The topological polar surface area (TPSA) is 63.1 Å². The van der Waals surface area contributed by atoms with Crippen LogP contribution in [0.25, 0.3) is 0 Å². The zero-order valence-corrected chi connectivity index (χ0v) is 12.9. The van der Waals surface area contributed by atoms with Crippen LogP contribution < -0.4 is 5.32 Å². The number of amides is 1. The van der Waals surface area contributed by atoms with Crippen LogP contribution in [0, 0.1) is 5.92 Å². The number of likely N-dealkylation sites (tertiary alicyclic amines) is 1. The summed E-state index contributed by atoms with van der Waals surface area (Å²) in [5.41, 5.74) is 0. The Morgan fingerprint density at radius 2 is 2.18 bits per heavy atom. The maximum absolute atomic E-state index is 12.2. The molecular weight excluding hydrogens is 302 g/mol. The fourth-order valence-electron chi connectivity index (χ4n) is 2.62. The highest BCUT2D eigenvalue weighted by Gasteiger charge is 2.25. The van der Waals surface area contributed by atoms with Crippen LogP contribution in [0.2, 0.25) is 5.02 Å². The van der Waals surface area contributed by atoms with E-state index in [9.17, 15) is 4.79 Å². The number of hydrogen-bond acceptors (Lipinski definition) is 4. The van der Waals surface area contributed by atoms with Gasteiger partial charge in [-0.2, -0.15) is 5.10 Å². The number of nitrogens with zero attached hydrogens (tertiary/aromatic N) is 4. The number of carbonyl (C=O) groups is 1. The molecule has 116 valence electrons. The standard InChI is InChI=1S/C15H18ClN5O/c16-13-9-18-21(10-13)11-20-7-4-12(5-8-20)15(22)19-14-3-1-2-6-17-14/h1-3,6,9-10,12H,4-5,7-8,11H2,(H,17,19,22). The second kappa shape index (κ2) is 6.89. The van der Waals surface area contributed by atoms with Crippen LogP contribution >= 0.6 is 11.6 Å². The highest BCUT2D eigenvalue weighted by molar-refractivity contribution is 6.30. The van der Waals surface area contributed by atoms with Crippen molar-refractivity contribution in [2.75, 3.05) is 18.4 Å². The number of pyridine rings is 1. The van der Waals surface area contributed by atoms with Gasteiger partial charge in [-0.05, 0) is 25.0 Å². The lowest BCUT2D eigenvalue weighted by molar-refractivity contribution is -0.121. The Morgan fingerprint density at radius 3 is 2.82 bits per heavy atom. The third-order valence-corrected chi connectivity index (χ3v) is 4.02. The number of anilines is 1. The zero-order chi connectivity index (χ0) is 15.4. The average Bonchev–Trinajstić information content (AvgIpc) is 2.94. The summed E-state index contributed by atoms with van der Waals surface area (Å²) in [6.07, 6.45) is 6.80. The summed E-state index contributed by atoms with van der Waals surface area (Å²) >= 11 is 5.86. The number of hydrogen-bond donors (Lipinski definition) is 1. The molecule has 1 amide bonds. The monoisotopic (exact) mass is 319 g/mol. The number of halogens is 1. The molecule has 0 saturated carbocycles. The largest absolute Gasteiger partial charge is 0.310 e. The first kappa shape index (κ1) is 15.0. The highest BCUT2D eigenvalue weighted by Crippen LogP contribution is 2.19. The van der Waals surface area contributed by atoms with Crippen LogP contribution in [0.5, 0.6) is 0 Å². The lowest BCUT2D eigenvalue weighted by Gasteiger charge is -2.30. The highest BCUT2D eigenvalue weighted by atomic mass is 35.5. The van der Waals surface area contributed by atoms with Crippen LogP contribution in [0.4, 0.5) is 5.82 Å². The number of piperidine rings is 1. The normalized spacial score (nSPS) is 16.6. The van der Waals surface area contributed by atoms with Gasteiger partial charge in [0.2, 0.25) is 5.91 Å². The number of rotatable bonds is 4. The smallest absolute Gasteiger partial charge is 0.228 e. The van der Waals surface area contributed by atoms with E-state index in [4.69, 9.17) is 11.6 Å². The van der Waals surface area contributed by atoms with Crippen molar-refractivity contribution in [3.63, 3.8) is 0 Å². The minimum Gasteiger partial charge on any atom is -0.310 e. The van der Waals surface area contributed by atoms with Crippen molar-refractivity contribution in [3.8, 4) is 0 Å². The number of nitrogens with one attached hydrogen (secondary N) is 1. The van der Waals surface area contributed by atoms with E-state index in [2.05, 4.69) is 20.3 Å². The van der Waals surface area contributed by atoms with Crippen molar-refractivity contribution in [2.24, 2.45) is 5.92 Å². The molecule has 1 saturated heterocycles. The molecule has 1 aliphatic rings. The first-order valence-electron chi connectivity index (χ1n) is 7.33. The molecule has 22 heavy (non-hydrogen) atoms. The van der Waals surface area contributed by atoms with Crippen LogP contribution in [0.15, 0.2) is 36.8 Å². The summed E-state index contributed by atoms with van der Waals surface area (Å²) in [5, 5.41) is 7.69. The molecule has 3 heterocycles. The van der Waals surface area contributed by atoms with Gasteiger partial charge in [-0.3, -0.25) is 14.4 Å². The lowest BCUT2D eigenvalue weighted by atomic mass is 9.96. The molecule has 1 fully saturated rings. The number of aromatic nitrogens is 3. The van der Waals surface area contributed by atoms with Gasteiger partial charge >= 0.3 is 0 Å². The van der Waals surface area contributed by atoms with Crippen molar-refractivity contribution in [2.45, 2.75) is 19.5 Å². The molecule has 1 N–H and O–H groups in total. The van der Waals surface area contributed by atoms with Gasteiger partial charge in [-0.1, -0.05) is 17.7 Å². The maximum Gasteiger partial charge on any atom is 0.228 e. The Kier molecular flexibility index (Phi) is 4.70. The third kappa shape index (κ3) is 3.84. The fraction of sp³-hybridized carbons (Fsp3) is 0.400. The Morgan fingerprint density at radius 1 is 1.36 bits per heavy atom. The first-order valence-corrected chi connectivity index (χ1v) is 7.71. The Bertz CT molecular complexity index is 622. The van der Waals surface area contributed by atoms with Crippen molar-refractivity contribution < 1.29 is 4.79 Å². The molecule has 0 aromatic carbocycles. The summed E-state index contributed by atoms with van der Waals surface area (Å²) in [7, 11) is 0. The summed E-state index contributed by atoms with van der Waals surface area (Å²) in [6.45, 7) is 2.46. The van der Waals surface area contributed by atoms with Gasteiger partial charge in [0, 0.05) is 31.4 Å². The van der Waals surface area contributed by atoms with Crippen LogP contribution in [0.1, 0.15) is 12.8 Å². The fourth-order valence-corrected chi connectivity index (χ4v) is 2.78. The molecule has 2 aromatic rings. The van der Waals surface area contributed by atoms with E-state index < -0.39 is 0 Å². The number of carbonyl (C=O) groups excluding carboxylic acids is 1. The van der Waals surface area contributed by atoms with E-state index in [1.807, 2.05) is 16.8 Å². The molecule has 0 radical (unpaired) electrons. The Hall–Kier alpha value is -1.92. The van der Waals surface area contributed by atoms with E-state index in [1.54, 1.807) is 24.7 Å². The summed E-state index contributed by atoms with van der Waals surface area (Å²) in [5.74, 6) is 0.709. The van der Waals surface area contributed by atoms with Crippen molar-refractivity contribution in [1.29, 1.82) is 0 Å². The molecule has 6 nitrogen and oxygen atoms in total. The minimum atomic E-state index is 0.0412. The quantitative estimate of drug-likeness (QED) is 0.938. The van der Waals surface area contributed by atoms with Gasteiger partial charge in [0.05, 0.1) is 17.9 Å². The van der Waals surface area contributed by atoms with Crippen LogP contribution in [-0.4, -0.2) is 38.7 Å². The second-order valence-corrected chi connectivity index (χ2v) is 5.87. The lowest BCUT2D eigenvalue weighted by Crippen LogP contribution is -2.39. The summed E-state index contributed by atoms with van der Waals surface area (Å²) in [4.78, 5) is 18.6.